The van der Waals surface area contributed by atoms with E-state index in [2.05, 4.69) is 0 Å². The molecule has 1 amide bonds. The molecule has 1 aliphatic rings. The summed E-state index contributed by atoms with van der Waals surface area (Å²) in [4.78, 5) is 25.7. The molecule has 0 spiro atoms. The molecule has 2 rings (SSSR count). The normalized spacial score (nSPS) is 14.2. The second-order valence-corrected chi connectivity index (χ2v) is 6.16. The third-order valence-corrected chi connectivity index (χ3v) is 4.79. The fraction of sp³-hybridized carbons (Fsp3) is 0.455. The summed E-state index contributed by atoms with van der Waals surface area (Å²) in [6.07, 6.45) is 1.01. The molecule has 17 heavy (non-hydrogen) atoms. The minimum absolute atomic E-state index is 0.197. The quantitative estimate of drug-likeness (QED) is 0.909. The Morgan fingerprint density at radius 2 is 2.29 bits per heavy atom. The summed E-state index contributed by atoms with van der Waals surface area (Å²) in [6, 6.07) is 1.91. The minimum Gasteiger partial charge on any atom is -0.480 e. The van der Waals surface area contributed by atoms with Crippen LogP contribution in [0.15, 0.2) is 6.07 Å². The summed E-state index contributed by atoms with van der Waals surface area (Å²) < 4.78 is 0. The number of hydrogen-bond acceptors (Lipinski definition) is 4. The molecule has 0 bridgehead atoms. The van der Waals surface area contributed by atoms with E-state index in [1.54, 1.807) is 0 Å². The van der Waals surface area contributed by atoms with E-state index in [1.807, 2.05) is 17.8 Å². The van der Waals surface area contributed by atoms with E-state index in [4.69, 9.17) is 5.11 Å². The van der Waals surface area contributed by atoms with E-state index >= 15 is 0 Å². The number of thioether (sulfide) groups is 1. The van der Waals surface area contributed by atoms with Gasteiger partial charge in [0.25, 0.3) is 5.91 Å². The molecular formula is C11H13NO3S2. The van der Waals surface area contributed by atoms with Crippen molar-refractivity contribution in [1.29, 1.82) is 0 Å². The van der Waals surface area contributed by atoms with E-state index in [0.29, 0.717) is 4.88 Å². The zero-order chi connectivity index (χ0) is 12.4. The summed E-state index contributed by atoms with van der Waals surface area (Å²) >= 11 is 3.37. The Bertz CT molecular complexity index is 432. The second kappa shape index (κ2) is 5.10. The van der Waals surface area contributed by atoms with Crippen LogP contribution in [0, 0.1) is 0 Å². The summed E-state index contributed by atoms with van der Waals surface area (Å²) in [7, 11) is 1.52. The Kier molecular flexibility index (Phi) is 3.73. The van der Waals surface area contributed by atoms with Gasteiger partial charge >= 0.3 is 5.97 Å². The van der Waals surface area contributed by atoms with Gasteiger partial charge in [-0.1, -0.05) is 0 Å². The summed E-state index contributed by atoms with van der Waals surface area (Å²) in [5.74, 6) is 0.878. The molecule has 0 fully saturated rings. The van der Waals surface area contributed by atoms with Crippen molar-refractivity contribution in [2.75, 3.05) is 19.3 Å². The summed E-state index contributed by atoms with van der Waals surface area (Å²) in [5, 5.41) is 8.65. The van der Waals surface area contributed by atoms with Gasteiger partial charge in [-0.25, -0.2) is 0 Å². The number of carboxylic acids is 1. The molecular weight excluding hydrogens is 258 g/mol. The third-order valence-electron chi connectivity index (χ3n) is 2.56. The van der Waals surface area contributed by atoms with Crippen LogP contribution in [0.4, 0.5) is 0 Å². The topological polar surface area (TPSA) is 57.6 Å². The lowest BCUT2D eigenvalue weighted by atomic mass is 10.2. The molecule has 2 heterocycles. The van der Waals surface area contributed by atoms with Crippen LogP contribution in [0.5, 0.6) is 0 Å². The number of fused-ring (bicyclic) bond motifs is 1. The largest absolute Gasteiger partial charge is 0.480 e. The van der Waals surface area contributed by atoms with Gasteiger partial charge < -0.3 is 10.0 Å². The van der Waals surface area contributed by atoms with Crippen molar-refractivity contribution in [2.24, 2.45) is 0 Å². The number of nitrogens with zero attached hydrogens (tertiary/aromatic N) is 1. The summed E-state index contributed by atoms with van der Waals surface area (Å²) in [5.41, 5.74) is 1.23. The first kappa shape index (κ1) is 12.4. The maximum Gasteiger partial charge on any atom is 0.323 e. The van der Waals surface area contributed by atoms with Gasteiger partial charge in [-0.05, 0) is 23.8 Å². The Hall–Kier alpha value is -1.01. The Morgan fingerprint density at radius 1 is 1.53 bits per heavy atom. The molecule has 0 aliphatic carbocycles. The van der Waals surface area contributed by atoms with Crippen molar-refractivity contribution in [3.63, 3.8) is 0 Å². The van der Waals surface area contributed by atoms with E-state index in [0.717, 1.165) is 17.9 Å². The molecule has 0 saturated carbocycles. The average Bonchev–Trinajstić information content (AvgIpc) is 2.70. The number of thiophene rings is 1. The Labute approximate surface area is 108 Å². The number of likely N-dealkylation sites (N-methyl/N-ethyl adjacent to an activating group) is 1. The van der Waals surface area contributed by atoms with Crippen LogP contribution in [0.1, 0.15) is 20.1 Å². The minimum atomic E-state index is -0.988. The van der Waals surface area contributed by atoms with Gasteiger partial charge in [-0.2, -0.15) is 11.8 Å². The third kappa shape index (κ3) is 2.81. The zero-order valence-corrected chi connectivity index (χ0v) is 11.1. The highest BCUT2D eigenvalue weighted by Crippen LogP contribution is 2.32. The number of amides is 1. The van der Waals surface area contributed by atoms with E-state index in [9.17, 15) is 9.59 Å². The van der Waals surface area contributed by atoms with Gasteiger partial charge in [0, 0.05) is 17.7 Å². The molecule has 0 unspecified atom stereocenters. The second-order valence-electron chi connectivity index (χ2n) is 3.92. The summed E-state index contributed by atoms with van der Waals surface area (Å²) in [6.45, 7) is -0.254. The lowest BCUT2D eigenvalue weighted by Gasteiger charge is -2.12. The van der Waals surface area contributed by atoms with Crippen molar-refractivity contribution < 1.29 is 14.7 Å². The van der Waals surface area contributed by atoms with Gasteiger partial charge in [-0.3, -0.25) is 9.59 Å². The van der Waals surface area contributed by atoms with Crippen LogP contribution >= 0.6 is 23.1 Å². The van der Waals surface area contributed by atoms with Gasteiger partial charge in [0.2, 0.25) is 0 Å². The standard InChI is InChI=1S/C11H13NO3S2/c1-12(5-10(13)14)11(15)9-4-7-6-16-3-2-8(7)17-9/h4H,2-3,5-6H2,1H3,(H,13,14). The molecule has 1 aromatic rings. The molecule has 4 nitrogen and oxygen atoms in total. The van der Waals surface area contributed by atoms with Crippen molar-refractivity contribution in [3.05, 3.63) is 21.4 Å². The van der Waals surface area contributed by atoms with E-state index < -0.39 is 5.97 Å². The lowest BCUT2D eigenvalue weighted by Crippen LogP contribution is -2.31. The van der Waals surface area contributed by atoms with Crippen LogP contribution in [0.3, 0.4) is 0 Å². The van der Waals surface area contributed by atoms with E-state index in [-0.39, 0.29) is 12.5 Å². The molecule has 1 N–H and O–H groups in total. The molecule has 1 aromatic heterocycles. The van der Waals surface area contributed by atoms with Crippen LogP contribution in [0.25, 0.3) is 0 Å². The highest BCUT2D eigenvalue weighted by molar-refractivity contribution is 7.98. The van der Waals surface area contributed by atoms with Crippen LogP contribution < -0.4 is 0 Å². The first-order valence-electron chi connectivity index (χ1n) is 5.24. The van der Waals surface area contributed by atoms with Crippen LogP contribution in [-0.2, 0) is 17.0 Å². The van der Waals surface area contributed by atoms with Crippen LogP contribution in [-0.4, -0.2) is 41.2 Å². The van der Waals surface area contributed by atoms with Gasteiger partial charge in [0.1, 0.15) is 6.54 Å². The first-order chi connectivity index (χ1) is 8.08. The lowest BCUT2D eigenvalue weighted by molar-refractivity contribution is -0.137. The Morgan fingerprint density at radius 3 is 2.94 bits per heavy atom. The van der Waals surface area contributed by atoms with E-state index in [1.165, 1.54) is 33.7 Å². The number of carboxylic acid groups (broad SMARTS) is 1. The first-order valence-corrected chi connectivity index (χ1v) is 7.21. The maximum atomic E-state index is 12.0. The zero-order valence-electron chi connectivity index (χ0n) is 9.43. The highest BCUT2D eigenvalue weighted by Gasteiger charge is 2.20. The smallest absolute Gasteiger partial charge is 0.323 e. The molecule has 0 atom stereocenters. The number of aryl methyl sites for hydroxylation is 1. The van der Waals surface area contributed by atoms with Gasteiger partial charge in [-0.15, -0.1) is 11.3 Å². The molecule has 92 valence electrons. The predicted molar refractivity (Wildman–Crippen MR) is 68.8 cm³/mol. The van der Waals surface area contributed by atoms with Crippen molar-refractivity contribution in [3.8, 4) is 0 Å². The molecule has 0 aromatic carbocycles. The van der Waals surface area contributed by atoms with Gasteiger partial charge in [0.05, 0.1) is 4.88 Å². The highest BCUT2D eigenvalue weighted by atomic mass is 32.2. The van der Waals surface area contributed by atoms with Gasteiger partial charge in [0.15, 0.2) is 0 Å². The number of carbonyl (C=O) groups is 2. The fourth-order valence-electron chi connectivity index (χ4n) is 1.72. The number of rotatable bonds is 3. The monoisotopic (exact) mass is 271 g/mol. The molecule has 0 radical (unpaired) electrons. The van der Waals surface area contributed by atoms with Crippen molar-refractivity contribution in [2.45, 2.75) is 12.2 Å². The molecule has 1 aliphatic heterocycles. The number of hydrogen-bond donors (Lipinski definition) is 1. The number of carbonyl (C=O) groups excluding carboxylic acids is 1. The fourth-order valence-corrected chi connectivity index (χ4v) is 4.08. The molecule has 6 heteroatoms. The molecule has 0 saturated heterocycles. The van der Waals surface area contributed by atoms with Crippen molar-refractivity contribution >= 4 is 35.0 Å². The predicted octanol–water partition coefficient (Wildman–Crippen LogP) is 1.69. The maximum absolute atomic E-state index is 12.0. The number of aliphatic carboxylic acids is 1. The van der Waals surface area contributed by atoms with Crippen molar-refractivity contribution in [1.82, 2.24) is 4.90 Å². The van der Waals surface area contributed by atoms with Crippen LogP contribution in [0.2, 0.25) is 0 Å². The average molecular weight is 271 g/mol. The SMILES string of the molecule is CN(CC(=O)O)C(=O)c1cc2c(s1)CCSC2. The Balaban J connectivity index is 2.14.